The molecule has 9 heteroatoms. The average molecular weight is 397 g/mol. The molecule has 114 valence electrons. The molecule has 1 aliphatic heterocycles. The maximum atomic E-state index is 11.6. The fourth-order valence-electron chi connectivity index (χ4n) is 1.84. The minimum atomic E-state index is -3.71. The molecule has 21 heavy (non-hydrogen) atoms. The predicted molar refractivity (Wildman–Crippen MR) is 81.6 cm³/mol. The van der Waals surface area contributed by atoms with Gasteiger partial charge < -0.3 is 9.02 Å². The molecule has 1 heterocycles. The van der Waals surface area contributed by atoms with Gasteiger partial charge in [-0.3, -0.25) is 4.79 Å². The summed E-state index contributed by atoms with van der Waals surface area (Å²) in [6.45, 7) is 0. The Morgan fingerprint density at radius 3 is 2.90 bits per heavy atom. The van der Waals surface area contributed by atoms with E-state index in [0.717, 1.165) is 6.26 Å². The highest BCUT2D eigenvalue weighted by Gasteiger charge is 2.31. The molecule has 0 unspecified atom stereocenters. The molecule has 0 fully saturated rings. The molecule has 0 saturated carbocycles. The highest BCUT2D eigenvalue weighted by atomic mass is 79.9. The zero-order chi connectivity index (χ0) is 15.6. The molecule has 0 amide bonds. The number of carbonyl (C=O) groups is 1. The fraction of sp³-hybridized carbons (Fsp3) is 0.333. The molecule has 0 bridgehead atoms. The highest BCUT2D eigenvalue weighted by Crippen LogP contribution is 2.39. The number of Topliss-reactive ketones (excluding diaryl/α,β-unsaturated/α-hetero) is 1. The van der Waals surface area contributed by atoms with E-state index in [2.05, 4.69) is 21.1 Å². The van der Waals surface area contributed by atoms with Crippen molar-refractivity contribution in [3.8, 4) is 5.75 Å². The number of oxime groups is 1. The first-order chi connectivity index (χ1) is 9.81. The van der Waals surface area contributed by atoms with E-state index < -0.39 is 16.2 Å². The Morgan fingerprint density at radius 2 is 2.29 bits per heavy atom. The van der Waals surface area contributed by atoms with Crippen molar-refractivity contribution >= 4 is 49.1 Å². The van der Waals surface area contributed by atoms with Gasteiger partial charge in [-0.1, -0.05) is 38.8 Å². The van der Waals surface area contributed by atoms with Gasteiger partial charge in [0.15, 0.2) is 17.6 Å². The second kappa shape index (κ2) is 6.33. The predicted octanol–water partition coefficient (Wildman–Crippen LogP) is 2.46. The second-order valence-corrected chi connectivity index (χ2v) is 6.87. The molecular weight excluding hydrogens is 386 g/mol. The maximum Gasteiger partial charge on any atom is 0.306 e. The number of carbonyl (C=O) groups excluding carboxylic acids is 1. The van der Waals surface area contributed by atoms with Crippen molar-refractivity contribution in [1.29, 1.82) is 0 Å². The lowest BCUT2D eigenvalue weighted by molar-refractivity contribution is -0.110. The summed E-state index contributed by atoms with van der Waals surface area (Å²) in [5.41, 5.74) is 0.618. The molecule has 0 aromatic heterocycles. The Bertz CT molecular complexity index is 704. The Hall–Kier alpha value is -1.12. The Balaban J connectivity index is 2.31. The molecule has 0 saturated heterocycles. The topological polar surface area (TPSA) is 82.0 Å². The van der Waals surface area contributed by atoms with E-state index in [1.165, 1.54) is 6.07 Å². The third-order valence-electron chi connectivity index (χ3n) is 2.69. The Morgan fingerprint density at radius 1 is 1.57 bits per heavy atom. The minimum absolute atomic E-state index is 0.0674. The van der Waals surface area contributed by atoms with Crippen LogP contribution in [0.15, 0.2) is 23.4 Å². The van der Waals surface area contributed by atoms with Crippen LogP contribution in [0.2, 0.25) is 5.02 Å². The van der Waals surface area contributed by atoms with Gasteiger partial charge in [0, 0.05) is 6.42 Å². The number of ketones is 1. The lowest BCUT2D eigenvalue weighted by atomic mass is 10.0. The van der Waals surface area contributed by atoms with Crippen LogP contribution < -0.4 is 4.18 Å². The van der Waals surface area contributed by atoms with Crippen LogP contribution in [0.1, 0.15) is 18.1 Å². The quantitative estimate of drug-likeness (QED) is 0.564. The standard InChI is InChI=1S/C12H11BrClNO5S/c1-21(17,18)20-10-4-2-3-7(14)12(10)11-5-8(15-19-11)9(16)6-13/h2-4,11H,5-6H2,1H3/t11-/m0/s1. The number of nitrogens with zero attached hydrogens (tertiary/aromatic N) is 1. The number of hydrogen-bond donors (Lipinski definition) is 0. The molecule has 6 nitrogen and oxygen atoms in total. The number of alkyl halides is 1. The summed E-state index contributed by atoms with van der Waals surface area (Å²) in [6.07, 6.45) is 0.478. The summed E-state index contributed by atoms with van der Waals surface area (Å²) in [6, 6.07) is 4.61. The van der Waals surface area contributed by atoms with Crippen LogP contribution in [0.3, 0.4) is 0 Å². The van der Waals surface area contributed by atoms with Crippen LogP contribution >= 0.6 is 27.5 Å². The van der Waals surface area contributed by atoms with E-state index >= 15 is 0 Å². The first kappa shape index (κ1) is 16.3. The van der Waals surface area contributed by atoms with Crippen molar-refractivity contribution in [1.82, 2.24) is 0 Å². The monoisotopic (exact) mass is 395 g/mol. The average Bonchev–Trinajstić information content (AvgIpc) is 2.85. The highest BCUT2D eigenvalue weighted by molar-refractivity contribution is 9.09. The van der Waals surface area contributed by atoms with Gasteiger partial charge in [0.05, 0.1) is 22.2 Å². The molecule has 0 N–H and O–H groups in total. The summed E-state index contributed by atoms with van der Waals surface area (Å²) in [7, 11) is -3.71. The van der Waals surface area contributed by atoms with E-state index in [4.69, 9.17) is 20.6 Å². The number of rotatable bonds is 5. The summed E-state index contributed by atoms with van der Waals surface area (Å²) in [4.78, 5) is 16.8. The van der Waals surface area contributed by atoms with Gasteiger partial charge in [-0.25, -0.2) is 0 Å². The fourth-order valence-corrected chi connectivity index (χ4v) is 2.92. The lowest BCUT2D eigenvalue weighted by Gasteiger charge is -2.15. The van der Waals surface area contributed by atoms with E-state index in [0.29, 0.717) is 5.56 Å². The third kappa shape index (κ3) is 3.96. The third-order valence-corrected chi connectivity index (χ3v) is 4.01. The Kier molecular flexibility index (Phi) is 4.90. The van der Waals surface area contributed by atoms with Gasteiger partial charge in [0.25, 0.3) is 0 Å². The van der Waals surface area contributed by atoms with Crippen LogP contribution in [0.5, 0.6) is 5.75 Å². The molecule has 0 radical (unpaired) electrons. The SMILES string of the molecule is CS(=O)(=O)Oc1cccc(Cl)c1[C@@H]1CC(C(=O)CBr)=NO1. The van der Waals surface area contributed by atoms with Crippen LogP contribution in [0.4, 0.5) is 0 Å². The smallest absolute Gasteiger partial charge is 0.306 e. The first-order valence-corrected chi connectivity index (χ1v) is 9.13. The molecular formula is C12H11BrClNO5S. The van der Waals surface area contributed by atoms with Crippen molar-refractivity contribution in [2.75, 3.05) is 11.6 Å². The molecule has 2 rings (SSSR count). The van der Waals surface area contributed by atoms with Gasteiger partial charge in [0.1, 0.15) is 5.71 Å². The van der Waals surface area contributed by atoms with Gasteiger partial charge in [0.2, 0.25) is 0 Å². The summed E-state index contributed by atoms with van der Waals surface area (Å²) in [5.74, 6) is -0.132. The molecule has 1 aliphatic rings. The van der Waals surface area contributed by atoms with Gasteiger partial charge in [-0.15, -0.1) is 0 Å². The number of hydrogen-bond acceptors (Lipinski definition) is 6. The van der Waals surface area contributed by atoms with Crippen LogP contribution in [-0.4, -0.2) is 31.5 Å². The minimum Gasteiger partial charge on any atom is -0.387 e. The first-order valence-electron chi connectivity index (χ1n) is 5.81. The normalized spacial score (nSPS) is 18.0. The number of halogens is 2. The molecule has 0 spiro atoms. The van der Waals surface area contributed by atoms with E-state index in [-0.39, 0.29) is 34.0 Å². The van der Waals surface area contributed by atoms with Crippen molar-refractivity contribution in [3.05, 3.63) is 28.8 Å². The Labute approximate surface area is 135 Å². The largest absolute Gasteiger partial charge is 0.387 e. The van der Waals surface area contributed by atoms with Crippen molar-refractivity contribution < 1.29 is 22.2 Å². The molecule has 0 aliphatic carbocycles. The number of benzene rings is 1. The molecule has 1 aromatic carbocycles. The van der Waals surface area contributed by atoms with E-state index in [9.17, 15) is 13.2 Å². The van der Waals surface area contributed by atoms with Gasteiger partial charge in [-0.05, 0) is 12.1 Å². The maximum absolute atomic E-state index is 11.6. The molecule has 1 atom stereocenters. The van der Waals surface area contributed by atoms with Crippen molar-refractivity contribution in [2.45, 2.75) is 12.5 Å². The second-order valence-electron chi connectivity index (χ2n) is 4.33. The lowest BCUT2D eigenvalue weighted by Crippen LogP contribution is -2.14. The van der Waals surface area contributed by atoms with Crippen LogP contribution in [0, 0.1) is 0 Å². The van der Waals surface area contributed by atoms with Crippen LogP contribution in [0.25, 0.3) is 0 Å². The van der Waals surface area contributed by atoms with Crippen molar-refractivity contribution in [2.24, 2.45) is 5.16 Å². The summed E-state index contributed by atoms with van der Waals surface area (Å²) < 4.78 is 27.5. The van der Waals surface area contributed by atoms with Gasteiger partial charge >= 0.3 is 10.1 Å². The van der Waals surface area contributed by atoms with Gasteiger partial charge in [-0.2, -0.15) is 8.42 Å². The molecule has 1 aromatic rings. The zero-order valence-corrected chi connectivity index (χ0v) is 14.0. The zero-order valence-electron chi connectivity index (χ0n) is 10.9. The van der Waals surface area contributed by atoms with Crippen molar-refractivity contribution in [3.63, 3.8) is 0 Å². The van der Waals surface area contributed by atoms with E-state index in [1.807, 2.05) is 0 Å². The summed E-state index contributed by atoms with van der Waals surface area (Å²) >= 11 is 9.15. The summed E-state index contributed by atoms with van der Waals surface area (Å²) in [5, 5.41) is 4.13. The van der Waals surface area contributed by atoms with E-state index in [1.54, 1.807) is 12.1 Å². The van der Waals surface area contributed by atoms with Crippen LogP contribution in [-0.2, 0) is 19.8 Å².